The number of phenols is 1. The van der Waals surface area contributed by atoms with Gasteiger partial charge >= 0.3 is 0 Å². The Morgan fingerprint density at radius 3 is 2.95 bits per heavy atom. The van der Waals surface area contributed by atoms with E-state index in [1.165, 1.54) is 12.0 Å². The van der Waals surface area contributed by atoms with Crippen LogP contribution in [0.15, 0.2) is 23.8 Å². The molecular formula is C18H22O3. The summed E-state index contributed by atoms with van der Waals surface area (Å²) in [6.07, 6.45) is 5.48. The lowest BCUT2D eigenvalue weighted by Gasteiger charge is -2.47. The van der Waals surface area contributed by atoms with Crippen molar-refractivity contribution in [1.29, 1.82) is 0 Å². The van der Waals surface area contributed by atoms with Gasteiger partial charge in [0.1, 0.15) is 6.10 Å². The average molecular weight is 286 g/mol. The molecule has 2 aliphatic carbocycles. The van der Waals surface area contributed by atoms with Gasteiger partial charge in [-0.25, -0.2) is 0 Å². The number of aromatic hydroxyl groups is 1. The average Bonchev–Trinajstić information content (AvgIpc) is 2.80. The first kappa shape index (κ1) is 13.2. The number of rotatable bonds is 0. The van der Waals surface area contributed by atoms with E-state index in [1.807, 2.05) is 6.07 Å². The summed E-state index contributed by atoms with van der Waals surface area (Å²) in [5, 5.41) is 20.7. The van der Waals surface area contributed by atoms with Gasteiger partial charge in [0.15, 0.2) is 11.5 Å². The maximum absolute atomic E-state index is 10.5. The van der Waals surface area contributed by atoms with Crippen LogP contribution in [0.4, 0.5) is 0 Å². The highest BCUT2D eigenvalue weighted by molar-refractivity contribution is 5.62. The Balaban J connectivity index is 2.01. The largest absolute Gasteiger partial charge is 0.504 e. The summed E-state index contributed by atoms with van der Waals surface area (Å²) in [4.78, 5) is 0. The Kier molecular flexibility index (Phi) is 2.68. The molecule has 3 heteroatoms. The molecule has 1 aromatic rings. The monoisotopic (exact) mass is 286 g/mol. The van der Waals surface area contributed by atoms with Gasteiger partial charge in [-0.2, -0.15) is 0 Å². The van der Waals surface area contributed by atoms with Gasteiger partial charge in [-0.05, 0) is 43.7 Å². The minimum atomic E-state index is -0.495. The molecule has 1 heterocycles. The SMILES string of the molecule is Cc1ccc(O)c2c1[C@]13CCC[C@H](C)C1=CC[C@H](O)[C@@H]3O2. The Bertz CT molecular complexity index is 634. The first-order chi connectivity index (χ1) is 10.1. The van der Waals surface area contributed by atoms with Crippen LogP contribution < -0.4 is 4.74 Å². The van der Waals surface area contributed by atoms with Gasteiger partial charge in [0.05, 0.1) is 11.5 Å². The number of ether oxygens (including phenoxy) is 1. The van der Waals surface area contributed by atoms with Crippen LogP contribution in [-0.4, -0.2) is 22.4 Å². The summed E-state index contributed by atoms with van der Waals surface area (Å²) in [5.74, 6) is 1.31. The summed E-state index contributed by atoms with van der Waals surface area (Å²) in [5.41, 5.74) is 3.45. The van der Waals surface area contributed by atoms with Gasteiger partial charge in [0.25, 0.3) is 0 Å². The third kappa shape index (κ3) is 1.53. The molecule has 0 radical (unpaired) electrons. The fourth-order valence-electron chi connectivity index (χ4n) is 4.88. The fourth-order valence-corrected chi connectivity index (χ4v) is 4.88. The van der Waals surface area contributed by atoms with Crippen molar-refractivity contribution >= 4 is 0 Å². The van der Waals surface area contributed by atoms with Crippen LogP contribution in [0, 0.1) is 12.8 Å². The van der Waals surface area contributed by atoms with E-state index < -0.39 is 6.10 Å². The quantitative estimate of drug-likeness (QED) is 0.720. The van der Waals surface area contributed by atoms with E-state index in [1.54, 1.807) is 6.07 Å². The van der Waals surface area contributed by atoms with Crippen LogP contribution in [0.3, 0.4) is 0 Å². The van der Waals surface area contributed by atoms with Gasteiger partial charge < -0.3 is 14.9 Å². The maximum Gasteiger partial charge on any atom is 0.166 e. The van der Waals surface area contributed by atoms with Crippen molar-refractivity contribution in [2.45, 2.75) is 57.2 Å². The van der Waals surface area contributed by atoms with Crippen molar-refractivity contribution < 1.29 is 14.9 Å². The predicted molar refractivity (Wildman–Crippen MR) is 80.7 cm³/mol. The summed E-state index contributed by atoms with van der Waals surface area (Å²) in [6.45, 7) is 4.36. The normalized spacial score (nSPS) is 37.1. The molecule has 1 fully saturated rings. The highest BCUT2D eigenvalue weighted by Gasteiger charge is 2.58. The van der Waals surface area contributed by atoms with Gasteiger partial charge in [-0.1, -0.05) is 31.1 Å². The van der Waals surface area contributed by atoms with Crippen LogP contribution >= 0.6 is 0 Å². The summed E-state index contributed by atoms with van der Waals surface area (Å²) >= 11 is 0. The molecule has 4 atom stereocenters. The molecule has 1 spiro atoms. The smallest absolute Gasteiger partial charge is 0.166 e. The number of fused-ring (bicyclic) bond motifs is 1. The van der Waals surface area contributed by atoms with Crippen LogP contribution in [0.1, 0.15) is 43.7 Å². The maximum atomic E-state index is 10.5. The molecular weight excluding hydrogens is 264 g/mol. The number of aliphatic hydroxyl groups is 1. The van der Waals surface area contributed by atoms with E-state index in [0.29, 0.717) is 18.1 Å². The lowest BCUT2D eigenvalue weighted by Crippen LogP contribution is -2.52. The van der Waals surface area contributed by atoms with Crippen LogP contribution in [-0.2, 0) is 5.41 Å². The van der Waals surface area contributed by atoms with Crippen LogP contribution in [0.25, 0.3) is 0 Å². The molecule has 1 aliphatic heterocycles. The van der Waals surface area contributed by atoms with Gasteiger partial charge in [-0.3, -0.25) is 0 Å². The minimum Gasteiger partial charge on any atom is -0.504 e. The third-order valence-electron chi connectivity index (χ3n) is 5.70. The van der Waals surface area contributed by atoms with Crippen LogP contribution in [0.2, 0.25) is 0 Å². The van der Waals surface area contributed by atoms with E-state index >= 15 is 0 Å². The minimum absolute atomic E-state index is 0.198. The number of phenolic OH excluding ortho intramolecular Hbond substituents is 1. The highest BCUT2D eigenvalue weighted by Crippen LogP contribution is 2.60. The molecule has 0 unspecified atom stereocenters. The second kappa shape index (κ2) is 4.26. The molecule has 112 valence electrons. The summed E-state index contributed by atoms with van der Waals surface area (Å²) in [6, 6.07) is 3.66. The molecule has 1 saturated carbocycles. The highest BCUT2D eigenvalue weighted by atomic mass is 16.5. The second-order valence-corrected chi connectivity index (χ2v) is 6.87. The standard InChI is InChI=1S/C18H22O3/c1-10-4-3-9-18-12(10)6-8-14(20)17(18)21-16-13(19)7-5-11(2)15(16)18/h5-7,10,14,17,19-20H,3-4,8-9H2,1-2H3/t10-,14-,17-,18-/m0/s1. The van der Waals surface area contributed by atoms with Gasteiger partial charge in [-0.15, -0.1) is 0 Å². The molecule has 2 N–H and O–H groups in total. The lowest BCUT2D eigenvalue weighted by atomic mass is 9.57. The molecule has 21 heavy (non-hydrogen) atoms. The van der Waals surface area contributed by atoms with Crippen molar-refractivity contribution in [3.63, 3.8) is 0 Å². The third-order valence-corrected chi connectivity index (χ3v) is 5.70. The molecule has 1 aromatic carbocycles. The molecule has 0 amide bonds. The number of benzene rings is 1. The first-order valence-electron chi connectivity index (χ1n) is 7.94. The van der Waals surface area contributed by atoms with Crippen molar-refractivity contribution in [2.75, 3.05) is 0 Å². The van der Waals surface area contributed by atoms with E-state index in [2.05, 4.69) is 19.9 Å². The van der Waals surface area contributed by atoms with E-state index in [9.17, 15) is 10.2 Å². The van der Waals surface area contributed by atoms with Crippen molar-refractivity contribution in [3.05, 3.63) is 34.9 Å². The molecule has 0 bridgehead atoms. The van der Waals surface area contributed by atoms with E-state index in [0.717, 1.165) is 24.0 Å². The predicted octanol–water partition coefficient (Wildman–Crippen LogP) is 3.21. The molecule has 3 nitrogen and oxygen atoms in total. The lowest BCUT2D eigenvalue weighted by molar-refractivity contribution is -0.00194. The van der Waals surface area contributed by atoms with Gasteiger partial charge in [0, 0.05) is 5.56 Å². The van der Waals surface area contributed by atoms with E-state index in [-0.39, 0.29) is 17.3 Å². The summed E-state index contributed by atoms with van der Waals surface area (Å²) in [7, 11) is 0. The zero-order valence-electron chi connectivity index (χ0n) is 12.6. The van der Waals surface area contributed by atoms with Crippen molar-refractivity contribution in [2.24, 2.45) is 5.92 Å². The second-order valence-electron chi connectivity index (χ2n) is 6.87. The molecule has 0 aromatic heterocycles. The Morgan fingerprint density at radius 2 is 2.14 bits per heavy atom. The van der Waals surface area contributed by atoms with Gasteiger partial charge in [0.2, 0.25) is 0 Å². The Hall–Kier alpha value is -1.48. The number of aryl methyl sites for hydroxylation is 1. The topological polar surface area (TPSA) is 49.7 Å². The zero-order valence-corrected chi connectivity index (χ0v) is 12.6. The number of hydrogen-bond acceptors (Lipinski definition) is 3. The Labute approximate surface area is 125 Å². The first-order valence-corrected chi connectivity index (χ1v) is 7.94. The zero-order chi connectivity index (χ0) is 14.8. The molecule has 0 saturated heterocycles. The van der Waals surface area contributed by atoms with Crippen LogP contribution in [0.5, 0.6) is 11.5 Å². The number of hydrogen-bond donors (Lipinski definition) is 2. The fraction of sp³-hybridized carbons (Fsp3) is 0.556. The Morgan fingerprint density at radius 1 is 1.33 bits per heavy atom. The van der Waals surface area contributed by atoms with Crippen molar-refractivity contribution in [1.82, 2.24) is 0 Å². The molecule has 4 rings (SSSR count). The molecule has 3 aliphatic rings. The summed E-state index contributed by atoms with van der Waals surface area (Å²) < 4.78 is 6.10. The van der Waals surface area contributed by atoms with Crippen molar-refractivity contribution in [3.8, 4) is 11.5 Å². The number of aliphatic hydroxyl groups excluding tert-OH is 1. The van der Waals surface area contributed by atoms with E-state index in [4.69, 9.17) is 4.74 Å².